The number of allylic oxidation sites excluding steroid dienone is 1. The minimum atomic E-state index is -0.509. The lowest BCUT2D eigenvalue weighted by molar-refractivity contribution is -0.122. The molecule has 5 heteroatoms. The Morgan fingerprint density at radius 2 is 2.04 bits per heavy atom. The number of benzene rings is 1. The summed E-state index contributed by atoms with van der Waals surface area (Å²) in [5, 5.41) is 1.18. The molecule has 0 aliphatic carbocycles. The number of rotatable bonds is 6. The second kappa shape index (κ2) is 7.04. The lowest BCUT2D eigenvalue weighted by atomic mass is 9.85. The van der Waals surface area contributed by atoms with Gasteiger partial charge in [0.05, 0.1) is 5.41 Å². The molecule has 27 heavy (non-hydrogen) atoms. The normalized spacial score (nSPS) is 16.6. The molecule has 1 aliphatic heterocycles. The van der Waals surface area contributed by atoms with Crippen LogP contribution in [0, 0.1) is 0 Å². The number of aryl methyl sites for hydroxylation is 1. The minimum absolute atomic E-state index is 0.129. The standard InChI is InChI=1S/C22H32N4O/c1-13(2)26-20-9-16-15(8-6-7-14(3)11-23)19(12-24)25-18(16)10-17(20)22(4,5)21(26)27/h9-11,13,25H,6-8,12,23-24H2,1-5H3/b14-11+. The smallest absolute Gasteiger partial charge is 0.237 e. The van der Waals surface area contributed by atoms with Gasteiger partial charge in [0.25, 0.3) is 0 Å². The second-order valence-electron chi connectivity index (χ2n) is 8.46. The number of H-pyrrole nitrogens is 1. The van der Waals surface area contributed by atoms with Crippen molar-refractivity contribution in [3.8, 4) is 0 Å². The van der Waals surface area contributed by atoms with E-state index in [1.54, 1.807) is 6.20 Å². The number of nitrogens with one attached hydrogen (secondary N) is 1. The summed E-state index contributed by atoms with van der Waals surface area (Å²) in [5.74, 6) is 0.171. The maximum Gasteiger partial charge on any atom is 0.237 e. The Morgan fingerprint density at radius 1 is 1.33 bits per heavy atom. The Kier molecular flexibility index (Phi) is 5.08. The molecule has 1 aromatic carbocycles. The van der Waals surface area contributed by atoms with Crippen molar-refractivity contribution in [2.75, 3.05) is 4.90 Å². The number of amides is 1. The van der Waals surface area contributed by atoms with Crippen LogP contribution >= 0.6 is 0 Å². The average Bonchev–Trinajstić information content (AvgIpc) is 3.06. The molecule has 5 nitrogen and oxygen atoms in total. The fourth-order valence-corrected chi connectivity index (χ4v) is 4.17. The molecule has 0 atom stereocenters. The van der Waals surface area contributed by atoms with Crippen LogP contribution in [0.25, 0.3) is 10.9 Å². The Morgan fingerprint density at radius 3 is 2.63 bits per heavy atom. The summed E-state index contributed by atoms with van der Waals surface area (Å²) in [4.78, 5) is 18.4. The lowest BCUT2D eigenvalue weighted by Crippen LogP contribution is -2.40. The highest BCUT2D eigenvalue weighted by Crippen LogP contribution is 2.45. The van der Waals surface area contributed by atoms with Crippen LogP contribution < -0.4 is 16.4 Å². The van der Waals surface area contributed by atoms with E-state index in [-0.39, 0.29) is 11.9 Å². The first kappa shape index (κ1) is 19.5. The Hall–Kier alpha value is -2.27. The number of carbonyl (C=O) groups is 1. The number of aromatic nitrogens is 1. The Labute approximate surface area is 161 Å². The quantitative estimate of drug-likeness (QED) is 0.724. The highest BCUT2D eigenvalue weighted by molar-refractivity contribution is 6.10. The number of fused-ring (bicyclic) bond motifs is 2. The zero-order chi connectivity index (χ0) is 19.9. The molecule has 1 aromatic heterocycles. The number of hydrogen-bond acceptors (Lipinski definition) is 3. The number of nitrogens with two attached hydrogens (primary N) is 2. The predicted octanol–water partition coefficient (Wildman–Crippen LogP) is 3.84. The van der Waals surface area contributed by atoms with E-state index in [9.17, 15) is 4.79 Å². The maximum absolute atomic E-state index is 13.0. The van der Waals surface area contributed by atoms with Crippen LogP contribution in [0.1, 0.15) is 64.3 Å². The van der Waals surface area contributed by atoms with E-state index in [0.29, 0.717) is 6.54 Å². The number of anilines is 1. The van der Waals surface area contributed by atoms with Crippen LogP contribution in [0.2, 0.25) is 0 Å². The molecule has 2 heterocycles. The summed E-state index contributed by atoms with van der Waals surface area (Å²) in [6.07, 6.45) is 4.62. The topological polar surface area (TPSA) is 88.1 Å². The third-order valence-electron chi connectivity index (χ3n) is 5.80. The average molecular weight is 369 g/mol. The summed E-state index contributed by atoms with van der Waals surface area (Å²) >= 11 is 0. The van der Waals surface area contributed by atoms with Crippen molar-refractivity contribution < 1.29 is 4.79 Å². The Bertz CT molecular complexity index is 905. The van der Waals surface area contributed by atoms with Gasteiger partial charge in [0.1, 0.15) is 0 Å². The van der Waals surface area contributed by atoms with Crippen molar-refractivity contribution in [3.63, 3.8) is 0 Å². The van der Waals surface area contributed by atoms with Crippen LogP contribution in [0.4, 0.5) is 5.69 Å². The van der Waals surface area contributed by atoms with Gasteiger partial charge in [-0.25, -0.2) is 0 Å². The van der Waals surface area contributed by atoms with Gasteiger partial charge in [0, 0.05) is 34.9 Å². The molecule has 0 spiro atoms. The first-order chi connectivity index (χ1) is 12.7. The van der Waals surface area contributed by atoms with Gasteiger partial charge in [-0.3, -0.25) is 4.79 Å². The van der Waals surface area contributed by atoms with Crippen molar-refractivity contribution >= 4 is 22.5 Å². The highest BCUT2D eigenvalue weighted by atomic mass is 16.2. The monoisotopic (exact) mass is 368 g/mol. The number of aromatic amines is 1. The van der Waals surface area contributed by atoms with Crippen molar-refractivity contribution in [2.24, 2.45) is 11.5 Å². The SMILES string of the molecule is C/C(=C\N)CCCc1c(CN)[nH]c2cc3c(cc12)N(C(C)C)C(=O)C3(C)C. The van der Waals surface area contributed by atoms with Crippen molar-refractivity contribution in [2.45, 2.75) is 71.9 Å². The zero-order valence-corrected chi connectivity index (χ0v) is 17.1. The van der Waals surface area contributed by atoms with E-state index >= 15 is 0 Å². The largest absolute Gasteiger partial charge is 0.405 e. The van der Waals surface area contributed by atoms with Gasteiger partial charge in [-0.05, 0) is 83.3 Å². The van der Waals surface area contributed by atoms with Gasteiger partial charge >= 0.3 is 0 Å². The molecule has 2 aromatic rings. The van der Waals surface area contributed by atoms with Gasteiger partial charge in [0.2, 0.25) is 5.91 Å². The van der Waals surface area contributed by atoms with E-state index in [0.717, 1.165) is 41.7 Å². The lowest BCUT2D eigenvalue weighted by Gasteiger charge is -2.24. The highest BCUT2D eigenvalue weighted by Gasteiger charge is 2.45. The molecule has 3 rings (SSSR count). The van der Waals surface area contributed by atoms with Crippen LogP contribution in [-0.2, 0) is 23.2 Å². The molecular weight excluding hydrogens is 336 g/mol. The van der Waals surface area contributed by atoms with E-state index in [1.807, 2.05) is 18.7 Å². The van der Waals surface area contributed by atoms with Gasteiger partial charge in [-0.15, -0.1) is 0 Å². The molecule has 0 saturated heterocycles. The molecular formula is C22H32N4O. The molecule has 0 radical (unpaired) electrons. The number of nitrogens with zero attached hydrogens (tertiary/aromatic N) is 1. The third kappa shape index (κ3) is 3.14. The fourth-order valence-electron chi connectivity index (χ4n) is 4.17. The summed E-state index contributed by atoms with van der Waals surface area (Å²) < 4.78 is 0. The molecule has 0 saturated carbocycles. The van der Waals surface area contributed by atoms with Crippen molar-refractivity contribution in [3.05, 3.63) is 40.7 Å². The summed E-state index contributed by atoms with van der Waals surface area (Å²) in [7, 11) is 0. The number of carbonyl (C=O) groups excluding carboxylic acids is 1. The van der Waals surface area contributed by atoms with Crippen LogP contribution in [-0.4, -0.2) is 16.9 Å². The maximum atomic E-state index is 13.0. The van der Waals surface area contributed by atoms with Crippen molar-refractivity contribution in [1.29, 1.82) is 0 Å². The molecule has 0 unspecified atom stereocenters. The second-order valence-corrected chi connectivity index (χ2v) is 8.46. The predicted molar refractivity (Wildman–Crippen MR) is 113 cm³/mol. The first-order valence-electron chi connectivity index (χ1n) is 9.81. The van der Waals surface area contributed by atoms with Crippen molar-refractivity contribution in [1.82, 2.24) is 4.98 Å². The van der Waals surface area contributed by atoms with E-state index in [1.165, 1.54) is 16.5 Å². The van der Waals surface area contributed by atoms with E-state index < -0.39 is 5.41 Å². The molecule has 1 amide bonds. The zero-order valence-electron chi connectivity index (χ0n) is 17.1. The van der Waals surface area contributed by atoms with Gasteiger partial charge < -0.3 is 21.4 Å². The summed E-state index contributed by atoms with van der Waals surface area (Å²) in [5.41, 5.74) is 17.9. The molecule has 146 valence electrons. The first-order valence-corrected chi connectivity index (χ1v) is 9.81. The summed E-state index contributed by atoms with van der Waals surface area (Å²) in [6.45, 7) is 10.7. The molecule has 5 N–H and O–H groups in total. The Balaban J connectivity index is 2.10. The third-order valence-corrected chi connectivity index (χ3v) is 5.80. The van der Waals surface area contributed by atoms with Crippen LogP contribution in [0.3, 0.4) is 0 Å². The molecule has 0 bridgehead atoms. The van der Waals surface area contributed by atoms with Crippen LogP contribution in [0.5, 0.6) is 0 Å². The van der Waals surface area contributed by atoms with E-state index in [4.69, 9.17) is 11.5 Å². The molecule has 0 fully saturated rings. The van der Waals surface area contributed by atoms with Gasteiger partial charge in [-0.2, -0.15) is 0 Å². The summed E-state index contributed by atoms with van der Waals surface area (Å²) in [6, 6.07) is 4.47. The van der Waals surface area contributed by atoms with Gasteiger partial charge in [0.15, 0.2) is 0 Å². The minimum Gasteiger partial charge on any atom is -0.405 e. The van der Waals surface area contributed by atoms with Crippen LogP contribution in [0.15, 0.2) is 23.9 Å². The van der Waals surface area contributed by atoms with Gasteiger partial charge in [-0.1, -0.05) is 5.57 Å². The van der Waals surface area contributed by atoms with E-state index in [2.05, 4.69) is 37.9 Å². The molecule has 1 aliphatic rings. The number of hydrogen-bond donors (Lipinski definition) is 3. The fraction of sp³-hybridized carbons (Fsp3) is 0.500.